The summed E-state index contributed by atoms with van der Waals surface area (Å²) in [7, 11) is 3.35. The van der Waals surface area contributed by atoms with Gasteiger partial charge in [0.05, 0.1) is 15.2 Å². The van der Waals surface area contributed by atoms with Gasteiger partial charge in [0.25, 0.3) is 11.5 Å². The smallest absolute Gasteiger partial charge is 0.268 e. The molecule has 1 saturated heterocycles. The van der Waals surface area contributed by atoms with Crippen molar-refractivity contribution in [2.75, 3.05) is 18.5 Å². The van der Waals surface area contributed by atoms with Gasteiger partial charge in [-0.05, 0) is 31.2 Å². The summed E-state index contributed by atoms with van der Waals surface area (Å²) in [5.41, 5.74) is 1.08. The van der Waals surface area contributed by atoms with Crippen molar-refractivity contribution in [3.8, 4) is 0 Å². The van der Waals surface area contributed by atoms with Crippen molar-refractivity contribution in [1.82, 2.24) is 9.47 Å². The van der Waals surface area contributed by atoms with Crippen LogP contribution >= 0.6 is 47.1 Å². The number of thiazole rings is 1. The van der Waals surface area contributed by atoms with Crippen LogP contribution in [0.4, 0.5) is 5.69 Å². The molecule has 2 aliphatic heterocycles. The van der Waals surface area contributed by atoms with Gasteiger partial charge in [0.2, 0.25) is 0 Å². The van der Waals surface area contributed by atoms with Crippen LogP contribution in [0.2, 0.25) is 0 Å². The second kappa shape index (κ2) is 7.55. The summed E-state index contributed by atoms with van der Waals surface area (Å²) in [6.45, 7) is 2.96. The molecule has 0 aliphatic carbocycles. The van der Waals surface area contributed by atoms with E-state index in [-0.39, 0.29) is 11.5 Å². The van der Waals surface area contributed by atoms with Crippen LogP contribution in [0, 0.1) is 0 Å². The summed E-state index contributed by atoms with van der Waals surface area (Å²) in [4.78, 5) is 30.5. The average Bonchev–Trinajstić information content (AvgIpc) is 3.28. The largest absolute Gasteiger partial charge is 0.335 e. The van der Waals surface area contributed by atoms with Gasteiger partial charge in [-0.2, -0.15) is 0 Å². The highest BCUT2D eigenvalue weighted by Crippen LogP contribution is 2.45. The second-order valence-electron chi connectivity index (χ2n) is 6.18. The number of carbonyl (C=O) groups is 1. The van der Waals surface area contributed by atoms with Gasteiger partial charge in [-0.3, -0.25) is 14.5 Å². The summed E-state index contributed by atoms with van der Waals surface area (Å²) < 4.78 is 3.28. The predicted octanol–water partition coefficient (Wildman–Crippen LogP) is 2.30. The first-order valence-corrected chi connectivity index (χ1v) is 11.4. The fourth-order valence-electron chi connectivity index (χ4n) is 3.00. The van der Waals surface area contributed by atoms with Crippen molar-refractivity contribution in [2.24, 2.45) is 7.05 Å². The van der Waals surface area contributed by atoms with Crippen LogP contribution < -0.4 is 19.7 Å². The van der Waals surface area contributed by atoms with Crippen molar-refractivity contribution in [1.29, 1.82) is 0 Å². The lowest BCUT2D eigenvalue weighted by molar-refractivity contribution is -0.119. The van der Waals surface area contributed by atoms with E-state index in [0.29, 0.717) is 18.4 Å². The molecule has 1 aromatic heterocycles. The van der Waals surface area contributed by atoms with Crippen molar-refractivity contribution < 1.29 is 4.79 Å². The third-order valence-electron chi connectivity index (χ3n) is 4.51. The van der Waals surface area contributed by atoms with Crippen LogP contribution in [0.3, 0.4) is 0 Å². The molecule has 2 aliphatic rings. The number of anilines is 1. The maximum atomic E-state index is 12.7. The minimum absolute atomic E-state index is 0.109. The first kappa shape index (κ1) is 19.5. The number of nitrogens with zero attached hydrogens (tertiary/aromatic N) is 3. The Kier molecular flexibility index (Phi) is 5.26. The monoisotopic (exact) mass is 447 g/mol. The first-order chi connectivity index (χ1) is 13.4. The third kappa shape index (κ3) is 3.16. The SMILES string of the molecule is CCN1C(=CC=c2sc(=C3SC(=S)N(C)C3=O)n(C)c2=O)Sc2ccccc21. The van der Waals surface area contributed by atoms with Gasteiger partial charge in [0.15, 0.2) is 0 Å². The molecule has 0 atom stereocenters. The van der Waals surface area contributed by atoms with Crippen LogP contribution in [0.1, 0.15) is 6.92 Å². The van der Waals surface area contributed by atoms with Crippen LogP contribution in [-0.4, -0.2) is 33.3 Å². The molecule has 4 rings (SSSR count). The summed E-state index contributed by atoms with van der Waals surface area (Å²) in [6.07, 6.45) is 3.83. The number of para-hydroxylation sites is 1. The Labute approximate surface area is 180 Å². The number of benzene rings is 1. The standard InChI is InChI=1S/C19H17N3O2S4/c1-4-22-11-7-5-6-8-12(11)26-14(22)10-9-13-16(23)20(2)18(27-13)15-17(24)21(3)19(25)28-15/h5-10H,4H2,1-3H3. The molecule has 0 radical (unpaired) electrons. The topological polar surface area (TPSA) is 45.5 Å². The van der Waals surface area contributed by atoms with Crippen molar-refractivity contribution in [3.05, 3.63) is 54.9 Å². The van der Waals surface area contributed by atoms with Gasteiger partial charge >= 0.3 is 0 Å². The zero-order chi connectivity index (χ0) is 20.0. The molecule has 0 N–H and O–H groups in total. The summed E-state index contributed by atoms with van der Waals surface area (Å²) in [6, 6.07) is 8.27. The van der Waals surface area contributed by atoms with Gasteiger partial charge in [-0.15, -0.1) is 11.3 Å². The number of rotatable bonds is 2. The minimum Gasteiger partial charge on any atom is -0.335 e. The van der Waals surface area contributed by atoms with E-state index in [9.17, 15) is 9.59 Å². The minimum atomic E-state index is -0.157. The highest BCUT2D eigenvalue weighted by Gasteiger charge is 2.31. The molecule has 0 unspecified atom stereocenters. The number of carbonyl (C=O) groups excluding carboxylic acids is 1. The molecule has 1 amide bonds. The summed E-state index contributed by atoms with van der Waals surface area (Å²) >= 11 is 9.47. The van der Waals surface area contributed by atoms with E-state index in [1.54, 1.807) is 25.9 Å². The molecule has 28 heavy (non-hydrogen) atoms. The molecule has 2 aromatic rings. The second-order valence-corrected chi connectivity index (χ2v) is 9.92. The Morgan fingerprint density at radius 3 is 2.54 bits per heavy atom. The fourth-order valence-corrected chi connectivity index (χ4v) is 6.52. The number of thioether (sulfide) groups is 2. The zero-order valence-electron chi connectivity index (χ0n) is 15.5. The molecule has 5 nitrogen and oxygen atoms in total. The molecule has 1 fully saturated rings. The lowest BCUT2D eigenvalue weighted by Crippen LogP contribution is -2.30. The molecule has 1 aromatic carbocycles. The Morgan fingerprint density at radius 1 is 1.11 bits per heavy atom. The Balaban J connectivity index is 1.79. The molecule has 0 saturated carbocycles. The van der Waals surface area contributed by atoms with E-state index >= 15 is 0 Å². The number of fused-ring (bicyclic) bond motifs is 1. The molecular formula is C19H17N3O2S4. The molecule has 9 heteroatoms. The maximum Gasteiger partial charge on any atom is 0.268 e. The number of hydrogen-bond donors (Lipinski definition) is 0. The quantitative estimate of drug-likeness (QED) is 0.659. The first-order valence-electron chi connectivity index (χ1n) is 8.58. The van der Waals surface area contributed by atoms with E-state index in [4.69, 9.17) is 12.2 Å². The van der Waals surface area contributed by atoms with E-state index < -0.39 is 0 Å². The van der Waals surface area contributed by atoms with Gasteiger partial charge in [0.1, 0.15) is 13.9 Å². The third-order valence-corrected chi connectivity index (χ3v) is 8.52. The van der Waals surface area contributed by atoms with Gasteiger partial charge in [0, 0.05) is 25.5 Å². The van der Waals surface area contributed by atoms with Crippen LogP contribution in [-0.2, 0) is 11.8 Å². The molecule has 3 heterocycles. The molecule has 144 valence electrons. The van der Waals surface area contributed by atoms with Crippen molar-refractivity contribution in [3.63, 3.8) is 0 Å². The highest BCUT2D eigenvalue weighted by atomic mass is 32.2. The van der Waals surface area contributed by atoms with Crippen molar-refractivity contribution >= 4 is 74.0 Å². The van der Waals surface area contributed by atoms with Crippen LogP contribution in [0.5, 0.6) is 0 Å². The van der Waals surface area contributed by atoms with Crippen LogP contribution in [0.25, 0.3) is 11.0 Å². The van der Waals surface area contributed by atoms with Crippen LogP contribution in [0.15, 0.2) is 45.1 Å². The fraction of sp³-hybridized carbons (Fsp3) is 0.211. The average molecular weight is 448 g/mol. The van der Waals surface area contributed by atoms with E-state index in [1.807, 2.05) is 24.3 Å². The van der Waals surface area contributed by atoms with Gasteiger partial charge in [-0.25, -0.2) is 0 Å². The van der Waals surface area contributed by atoms with E-state index in [0.717, 1.165) is 11.6 Å². The lowest BCUT2D eigenvalue weighted by Gasteiger charge is -2.17. The number of hydrogen-bond acceptors (Lipinski definition) is 7. The lowest BCUT2D eigenvalue weighted by atomic mass is 10.3. The Morgan fingerprint density at radius 2 is 1.86 bits per heavy atom. The molecular weight excluding hydrogens is 430 g/mol. The number of amides is 1. The van der Waals surface area contributed by atoms with Gasteiger partial charge < -0.3 is 9.47 Å². The summed E-state index contributed by atoms with van der Waals surface area (Å²) in [5, 5.41) is 1.08. The highest BCUT2D eigenvalue weighted by molar-refractivity contribution is 8.30. The maximum absolute atomic E-state index is 12.7. The predicted molar refractivity (Wildman–Crippen MR) is 123 cm³/mol. The molecule has 0 bridgehead atoms. The normalized spacial score (nSPS) is 20.7. The number of thiocarbonyl (C=S) groups is 1. The Hall–Kier alpha value is -1.81. The Bertz CT molecular complexity index is 1210. The summed E-state index contributed by atoms with van der Waals surface area (Å²) in [5.74, 6) is -0.157. The number of aromatic nitrogens is 1. The number of allylic oxidation sites excluding steroid dienone is 1. The van der Waals surface area contributed by atoms with E-state index in [2.05, 4.69) is 24.0 Å². The van der Waals surface area contributed by atoms with E-state index in [1.165, 1.54) is 43.1 Å². The molecule has 0 spiro atoms. The zero-order valence-corrected chi connectivity index (χ0v) is 18.7. The van der Waals surface area contributed by atoms with Gasteiger partial charge in [-0.1, -0.05) is 47.9 Å². The van der Waals surface area contributed by atoms with Crippen molar-refractivity contribution in [2.45, 2.75) is 11.8 Å².